The van der Waals surface area contributed by atoms with Gasteiger partial charge in [0.2, 0.25) is 0 Å². The number of carbonyl (C=O) groups is 2. The van der Waals surface area contributed by atoms with Crippen molar-refractivity contribution in [3.63, 3.8) is 0 Å². The topological polar surface area (TPSA) is 126 Å². The van der Waals surface area contributed by atoms with Crippen LogP contribution < -0.4 is 10.1 Å². The van der Waals surface area contributed by atoms with Gasteiger partial charge in [-0.15, -0.1) is 0 Å². The quantitative estimate of drug-likeness (QED) is 0.466. The van der Waals surface area contributed by atoms with Crippen LogP contribution in [0.3, 0.4) is 0 Å². The van der Waals surface area contributed by atoms with E-state index in [1.165, 1.54) is 24.3 Å². The van der Waals surface area contributed by atoms with E-state index in [1.807, 2.05) is 6.07 Å². The van der Waals surface area contributed by atoms with Crippen LogP contribution in [0.2, 0.25) is 0 Å². The smallest absolute Gasteiger partial charge is 0.325 e. The minimum absolute atomic E-state index is 0.0179. The summed E-state index contributed by atoms with van der Waals surface area (Å²) in [5.74, 6) is -0.00929. The largest absolute Gasteiger partial charge is 0.492 e. The lowest BCUT2D eigenvalue weighted by molar-refractivity contribution is -0.384. The number of nitro benzene ring substituents is 1. The van der Waals surface area contributed by atoms with Crippen LogP contribution in [0.5, 0.6) is 5.75 Å². The number of imide groups is 1. The standard InChI is InChI=1S/C19H16N4O5/c1-19(14-5-7-15(8-6-14)23(26)27)17(24)22(18(25)21-19)9-10-28-16-4-2-3-13(11-16)12-20/h2-8,11H,9-10H2,1H3,(H,21,25). The Morgan fingerprint density at radius 1 is 1.25 bits per heavy atom. The predicted octanol–water partition coefficient (Wildman–Crippen LogP) is 2.31. The van der Waals surface area contributed by atoms with Gasteiger partial charge in [0.15, 0.2) is 0 Å². The average Bonchev–Trinajstić information content (AvgIpc) is 2.92. The summed E-state index contributed by atoms with van der Waals surface area (Å²) in [6, 6.07) is 13.4. The van der Waals surface area contributed by atoms with Gasteiger partial charge in [-0.2, -0.15) is 5.26 Å². The van der Waals surface area contributed by atoms with Crippen molar-refractivity contribution in [1.29, 1.82) is 5.26 Å². The van der Waals surface area contributed by atoms with E-state index in [2.05, 4.69) is 5.32 Å². The molecule has 1 unspecified atom stereocenters. The van der Waals surface area contributed by atoms with Crippen molar-refractivity contribution in [1.82, 2.24) is 10.2 Å². The van der Waals surface area contributed by atoms with E-state index >= 15 is 0 Å². The van der Waals surface area contributed by atoms with Crippen molar-refractivity contribution in [3.05, 3.63) is 69.8 Å². The van der Waals surface area contributed by atoms with Gasteiger partial charge in [-0.3, -0.25) is 19.8 Å². The molecule has 1 fully saturated rings. The molecule has 0 spiro atoms. The van der Waals surface area contributed by atoms with E-state index in [-0.39, 0.29) is 18.8 Å². The fourth-order valence-electron chi connectivity index (χ4n) is 2.92. The van der Waals surface area contributed by atoms with E-state index in [4.69, 9.17) is 10.00 Å². The molecule has 1 saturated heterocycles. The molecular formula is C19H16N4O5. The number of hydrogen-bond donors (Lipinski definition) is 1. The van der Waals surface area contributed by atoms with E-state index < -0.39 is 22.4 Å². The van der Waals surface area contributed by atoms with Gasteiger partial charge in [0.1, 0.15) is 17.9 Å². The van der Waals surface area contributed by atoms with E-state index in [1.54, 1.807) is 31.2 Å². The number of benzene rings is 2. The van der Waals surface area contributed by atoms with Crippen molar-refractivity contribution in [2.45, 2.75) is 12.5 Å². The van der Waals surface area contributed by atoms with Gasteiger partial charge in [-0.05, 0) is 42.8 Å². The van der Waals surface area contributed by atoms with Gasteiger partial charge < -0.3 is 10.1 Å². The Bertz CT molecular complexity index is 983. The number of non-ortho nitro benzene ring substituents is 1. The van der Waals surface area contributed by atoms with Gasteiger partial charge in [0, 0.05) is 12.1 Å². The van der Waals surface area contributed by atoms with Crippen LogP contribution in [0.4, 0.5) is 10.5 Å². The normalized spacial score (nSPS) is 18.5. The van der Waals surface area contributed by atoms with Crippen molar-refractivity contribution in [3.8, 4) is 11.8 Å². The zero-order chi connectivity index (χ0) is 20.3. The molecule has 0 bridgehead atoms. The number of amides is 3. The second-order valence-electron chi connectivity index (χ2n) is 6.30. The molecular weight excluding hydrogens is 364 g/mol. The molecule has 0 aromatic heterocycles. The molecule has 1 atom stereocenters. The first-order valence-corrected chi connectivity index (χ1v) is 8.37. The number of rotatable bonds is 6. The molecule has 9 heteroatoms. The first-order chi connectivity index (χ1) is 13.3. The first kappa shape index (κ1) is 18.8. The summed E-state index contributed by atoms with van der Waals surface area (Å²) in [5.41, 5.74) is -0.527. The zero-order valence-electron chi connectivity index (χ0n) is 14.9. The summed E-state index contributed by atoms with van der Waals surface area (Å²) < 4.78 is 5.52. The van der Waals surface area contributed by atoms with Crippen LogP contribution in [0.1, 0.15) is 18.1 Å². The molecule has 1 aliphatic heterocycles. The Balaban J connectivity index is 1.68. The molecule has 1 heterocycles. The van der Waals surface area contributed by atoms with Crippen LogP contribution in [-0.4, -0.2) is 34.9 Å². The maximum absolute atomic E-state index is 12.8. The molecule has 2 aromatic rings. The van der Waals surface area contributed by atoms with Crippen LogP contribution in [0.15, 0.2) is 48.5 Å². The summed E-state index contributed by atoms with van der Waals surface area (Å²) in [5, 5.41) is 22.3. The fourth-order valence-corrected chi connectivity index (χ4v) is 2.92. The highest BCUT2D eigenvalue weighted by molar-refractivity contribution is 6.07. The SMILES string of the molecule is CC1(c2ccc([N+](=O)[O-])cc2)NC(=O)N(CCOc2cccc(C#N)c2)C1=O. The van der Waals surface area contributed by atoms with Crippen LogP contribution in [0, 0.1) is 21.4 Å². The van der Waals surface area contributed by atoms with Crippen molar-refractivity contribution < 1.29 is 19.2 Å². The molecule has 28 heavy (non-hydrogen) atoms. The highest BCUT2D eigenvalue weighted by Crippen LogP contribution is 2.30. The number of nitrogens with one attached hydrogen (secondary N) is 1. The zero-order valence-corrected chi connectivity index (χ0v) is 14.9. The number of nitrogens with zero attached hydrogens (tertiary/aromatic N) is 3. The summed E-state index contributed by atoms with van der Waals surface area (Å²) in [6.45, 7) is 1.63. The Morgan fingerprint density at radius 3 is 2.61 bits per heavy atom. The fraction of sp³-hybridized carbons (Fsp3) is 0.211. The van der Waals surface area contributed by atoms with E-state index in [0.717, 1.165) is 4.90 Å². The number of carbonyl (C=O) groups excluding carboxylic acids is 2. The highest BCUT2D eigenvalue weighted by Gasteiger charge is 2.48. The first-order valence-electron chi connectivity index (χ1n) is 8.37. The molecule has 142 valence electrons. The lowest BCUT2D eigenvalue weighted by Crippen LogP contribution is -2.41. The maximum atomic E-state index is 12.8. The van der Waals surface area contributed by atoms with Crippen molar-refractivity contribution in [2.75, 3.05) is 13.2 Å². The molecule has 3 amide bonds. The third-order valence-electron chi connectivity index (χ3n) is 4.48. The summed E-state index contributed by atoms with van der Waals surface area (Å²) in [6.07, 6.45) is 0. The minimum Gasteiger partial charge on any atom is -0.492 e. The molecule has 1 N–H and O–H groups in total. The Hall–Kier alpha value is -3.93. The highest BCUT2D eigenvalue weighted by atomic mass is 16.6. The number of urea groups is 1. The molecule has 1 aliphatic rings. The van der Waals surface area contributed by atoms with Crippen LogP contribution >= 0.6 is 0 Å². The van der Waals surface area contributed by atoms with Crippen molar-refractivity contribution >= 4 is 17.6 Å². The van der Waals surface area contributed by atoms with E-state index in [0.29, 0.717) is 16.9 Å². The van der Waals surface area contributed by atoms with Crippen molar-refractivity contribution in [2.24, 2.45) is 0 Å². The van der Waals surface area contributed by atoms with Gasteiger partial charge in [-0.1, -0.05) is 6.07 Å². The van der Waals surface area contributed by atoms with E-state index in [9.17, 15) is 19.7 Å². The molecule has 2 aromatic carbocycles. The molecule has 9 nitrogen and oxygen atoms in total. The number of nitro groups is 1. The Kier molecular flexibility index (Phi) is 4.96. The summed E-state index contributed by atoms with van der Waals surface area (Å²) >= 11 is 0. The third kappa shape index (κ3) is 3.48. The minimum atomic E-state index is -1.31. The van der Waals surface area contributed by atoms with Gasteiger partial charge >= 0.3 is 6.03 Å². The molecule has 0 aliphatic carbocycles. The number of ether oxygens (including phenoxy) is 1. The van der Waals surface area contributed by atoms with Gasteiger partial charge in [0.05, 0.1) is 23.1 Å². The van der Waals surface area contributed by atoms with Crippen LogP contribution in [0.25, 0.3) is 0 Å². The second-order valence-corrected chi connectivity index (χ2v) is 6.30. The van der Waals surface area contributed by atoms with Crippen LogP contribution in [-0.2, 0) is 10.3 Å². The lowest BCUT2D eigenvalue weighted by Gasteiger charge is -2.22. The molecule has 3 rings (SSSR count). The Morgan fingerprint density at radius 2 is 1.96 bits per heavy atom. The number of nitriles is 1. The maximum Gasteiger partial charge on any atom is 0.325 e. The third-order valence-corrected chi connectivity index (χ3v) is 4.48. The monoisotopic (exact) mass is 380 g/mol. The predicted molar refractivity (Wildman–Crippen MR) is 97.3 cm³/mol. The van der Waals surface area contributed by atoms with Gasteiger partial charge in [0.25, 0.3) is 11.6 Å². The molecule has 0 radical (unpaired) electrons. The number of hydrogen-bond acceptors (Lipinski definition) is 6. The molecule has 0 saturated carbocycles. The Labute approximate surface area is 160 Å². The second kappa shape index (κ2) is 7.36. The lowest BCUT2D eigenvalue weighted by atomic mass is 9.92. The summed E-state index contributed by atoms with van der Waals surface area (Å²) in [4.78, 5) is 36.4. The van der Waals surface area contributed by atoms with Gasteiger partial charge in [-0.25, -0.2) is 4.79 Å². The average molecular weight is 380 g/mol. The summed E-state index contributed by atoms with van der Waals surface area (Å²) in [7, 11) is 0.